The molecule has 3 N–H and O–H groups in total. The molecule has 8 nitrogen and oxygen atoms in total. The standard InChI is InChI=1S/C29H37F3N4O4/c1-19(2)40-18-24-15-23(35-22-9-11-28(39,12-10-22)25-8-3-4-13-33-25)17-36(24)26(37)16-34-27(38)20-6-5-7-21(14-20)29(30,31)32/h3-8,13-14,19,22-24,35,39H,9-12,15-18H2,1-2H3,(H,34,38)/t22?,23?,24-,28?/m0/s1. The van der Waals surface area contributed by atoms with Crippen LogP contribution in [0.5, 0.6) is 0 Å². The van der Waals surface area contributed by atoms with Crippen molar-refractivity contribution in [2.24, 2.45) is 0 Å². The van der Waals surface area contributed by atoms with Crippen LogP contribution in [0.25, 0.3) is 0 Å². The number of carbonyl (C=O) groups is 2. The highest BCUT2D eigenvalue weighted by atomic mass is 19.4. The van der Waals surface area contributed by atoms with E-state index in [1.165, 1.54) is 6.07 Å². The van der Waals surface area contributed by atoms with E-state index in [0.29, 0.717) is 38.1 Å². The fraction of sp³-hybridized carbons (Fsp3) is 0.552. The first-order chi connectivity index (χ1) is 18.9. The van der Waals surface area contributed by atoms with Gasteiger partial charge in [-0.3, -0.25) is 14.6 Å². The maximum Gasteiger partial charge on any atom is 0.416 e. The van der Waals surface area contributed by atoms with Crippen LogP contribution in [-0.2, 0) is 21.3 Å². The van der Waals surface area contributed by atoms with Crippen molar-refractivity contribution in [3.8, 4) is 0 Å². The zero-order valence-corrected chi connectivity index (χ0v) is 22.8. The fourth-order valence-corrected chi connectivity index (χ4v) is 5.49. The summed E-state index contributed by atoms with van der Waals surface area (Å²) in [6.07, 6.45) is 0.451. The van der Waals surface area contributed by atoms with Gasteiger partial charge in [-0.1, -0.05) is 12.1 Å². The van der Waals surface area contributed by atoms with Gasteiger partial charge in [-0.15, -0.1) is 0 Å². The molecule has 1 aromatic carbocycles. The van der Waals surface area contributed by atoms with Crippen LogP contribution in [0.2, 0.25) is 0 Å². The number of pyridine rings is 1. The summed E-state index contributed by atoms with van der Waals surface area (Å²) in [6.45, 7) is 4.26. The molecule has 2 aliphatic rings. The SMILES string of the molecule is CC(C)OC[C@@H]1CC(NC2CCC(O)(c3ccccn3)CC2)CN1C(=O)CNC(=O)c1cccc(C(F)(F)F)c1. The third-order valence-corrected chi connectivity index (χ3v) is 7.63. The molecule has 1 aromatic heterocycles. The van der Waals surface area contributed by atoms with Crippen molar-refractivity contribution in [3.63, 3.8) is 0 Å². The van der Waals surface area contributed by atoms with Crippen LogP contribution in [0.4, 0.5) is 13.2 Å². The number of hydrogen-bond donors (Lipinski definition) is 3. The lowest BCUT2D eigenvalue weighted by atomic mass is 9.79. The molecule has 2 aromatic rings. The van der Waals surface area contributed by atoms with Gasteiger partial charge in [0.15, 0.2) is 0 Å². The van der Waals surface area contributed by atoms with E-state index < -0.39 is 23.2 Å². The normalized spacial score (nSPS) is 25.3. The molecule has 1 aliphatic carbocycles. The van der Waals surface area contributed by atoms with Gasteiger partial charge >= 0.3 is 6.18 Å². The molecule has 1 saturated heterocycles. The largest absolute Gasteiger partial charge is 0.416 e. The smallest absolute Gasteiger partial charge is 0.384 e. The van der Waals surface area contributed by atoms with E-state index in [0.717, 1.165) is 31.0 Å². The molecule has 2 amide bonds. The van der Waals surface area contributed by atoms with E-state index >= 15 is 0 Å². The van der Waals surface area contributed by atoms with Crippen molar-refractivity contribution < 1.29 is 32.6 Å². The third kappa shape index (κ3) is 7.58. The number of alkyl halides is 3. The summed E-state index contributed by atoms with van der Waals surface area (Å²) in [5.41, 5.74) is -1.34. The van der Waals surface area contributed by atoms with E-state index in [9.17, 15) is 27.9 Å². The van der Waals surface area contributed by atoms with Crippen LogP contribution < -0.4 is 10.6 Å². The highest BCUT2D eigenvalue weighted by molar-refractivity contribution is 5.96. The Kier molecular flexibility index (Phi) is 9.48. The molecule has 0 bridgehead atoms. The number of likely N-dealkylation sites (tertiary alicyclic amines) is 1. The van der Waals surface area contributed by atoms with Crippen molar-refractivity contribution >= 4 is 11.8 Å². The van der Waals surface area contributed by atoms with Crippen LogP contribution in [0.3, 0.4) is 0 Å². The first kappa shape index (κ1) is 30.0. The van der Waals surface area contributed by atoms with E-state index in [1.807, 2.05) is 32.0 Å². The monoisotopic (exact) mass is 562 g/mol. The van der Waals surface area contributed by atoms with Gasteiger partial charge in [0, 0.05) is 30.4 Å². The number of aromatic nitrogens is 1. The van der Waals surface area contributed by atoms with Gasteiger partial charge < -0.3 is 25.4 Å². The lowest BCUT2D eigenvalue weighted by molar-refractivity contribution is -0.137. The molecule has 1 saturated carbocycles. The topological polar surface area (TPSA) is 104 Å². The molecule has 2 atom stereocenters. The van der Waals surface area contributed by atoms with Crippen LogP contribution in [0.1, 0.15) is 67.6 Å². The number of halogens is 3. The van der Waals surface area contributed by atoms with Gasteiger partial charge in [0.05, 0.1) is 36.6 Å². The van der Waals surface area contributed by atoms with Gasteiger partial charge in [0.1, 0.15) is 5.60 Å². The molecule has 0 spiro atoms. The number of nitrogens with zero attached hydrogens (tertiary/aromatic N) is 2. The molecular formula is C29H37F3N4O4. The minimum atomic E-state index is -4.57. The Morgan fingerprint density at radius 3 is 2.55 bits per heavy atom. The van der Waals surface area contributed by atoms with Crippen molar-refractivity contribution in [2.75, 3.05) is 19.7 Å². The number of nitrogens with one attached hydrogen (secondary N) is 2. The lowest BCUT2D eigenvalue weighted by Gasteiger charge is -2.37. The average molecular weight is 563 g/mol. The third-order valence-electron chi connectivity index (χ3n) is 7.63. The number of rotatable bonds is 9. The van der Waals surface area contributed by atoms with Gasteiger partial charge in [0.25, 0.3) is 5.91 Å². The highest BCUT2D eigenvalue weighted by Gasteiger charge is 2.40. The summed E-state index contributed by atoms with van der Waals surface area (Å²) >= 11 is 0. The average Bonchev–Trinajstić information content (AvgIpc) is 3.34. The fourth-order valence-electron chi connectivity index (χ4n) is 5.49. The highest BCUT2D eigenvalue weighted by Crippen LogP contribution is 2.36. The van der Waals surface area contributed by atoms with Crippen molar-refractivity contribution in [3.05, 3.63) is 65.5 Å². The molecular weight excluding hydrogens is 525 g/mol. The molecule has 40 heavy (non-hydrogen) atoms. The zero-order chi connectivity index (χ0) is 28.9. The number of carbonyl (C=O) groups excluding carboxylic acids is 2. The number of ether oxygens (including phenoxy) is 1. The zero-order valence-electron chi connectivity index (χ0n) is 22.8. The summed E-state index contributed by atoms with van der Waals surface area (Å²) in [6, 6.07) is 9.64. The molecule has 4 rings (SSSR count). The van der Waals surface area contributed by atoms with Crippen LogP contribution in [-0.4, -0.2) is 70.7 Å². The molecule has 218 valence electrons. The second kappa shape index (κ2) is 12.7. The maximum atomic E-state index is 13.2. The minimum Gasteiger partial charge on any atom is -0.384 e. The Balaban J connectivity index is 1.33. The van der Waals surface area contributed by atoms with E-state index in [2.05, 4.69) is 15.6 Å². The molecule has 2 heterocycles. The van der Waals surface area contributed by atoms with Crippen LogP contribution in [0, 0.1) is 0 Å². The van der Waals surface area contributed by atoms with Crippen LogP contribution in [0.15, 0.2) is 48.7 Å². The molecule has 1 aliphatic heterocycles. The molecule has 0 radical (unpaired) electrons. The first-order valence-electron chi connectivity index (χ1n) is 13.7. The number of aliphatic hydroxyl groups is 1. The Bertz CT molecular complexity index is 1150. The molecule has 1 unspecified atom stereocenters. The summed E-state index contributed by atoms with van der Waals surface area (Å²) in [5, 5.41) is 17.2. The Morgan fingerprint density at radius 1 is 1.15 bits per heavy atom. The number of hydrogen-bond acceptors (Lipinski definition) is 6. The predicted molar refractivity (Wildman–Crippen MR) is 142 cm³/mol. The van der Waals surface area contributed by atoms with Gasteiger partial charge in [-0.2, -0.15) is 13.2 Å². The van der Waals surface area contributed by atoms with E-state index in [-0.39, 0.29) is 42.2 Å². The number of amides is 2. The Morgan fingerprint density at radius 2 is 1.90 bits per heavy atom. The van der Waals surface area contributed by atoms with E-state index in [1.54, 1.807) is 11.1 Å². The van der Waals surface area contributed by atoms with E-state index in [4.69, 9.17) is 4.74 Å². The first-order valence-corrected chi connectivity index (χ1v) is 13.7. The molecule has 2 fully saturated rings. The van der Waals surface area contributed by atoms with Gasteiger partial charge in [0.2, 0.25) is 5.91 Å². The number of benzene rings is 1. The van der Waals surface area contributed by atoms with Crippen molar-refractivity contribution in [1.29, 1.82) is 0 Å². The van der Waals surface area contributed by atoms with Crippen molar-refractivity contribution in [2.45, 2.75) is 82.0 Å². The second-order valence-corrected chi connectivity index (χ2v) is 11.0. The minimum absolute atomic E-state index is 0.00919. The van der Waals surface area contributed by atoms with Crippen LogP contribution >= 0.6 is 0 Å². The quantitative estimate of drug-likeness (QED) is 0.431. The Labute approximate surface area is 232 Å². The van der Waals surface area contributed by atoms with Gasteiger partial charge in [-0.25, -0.2) is 0 Å². The summed E-state index contributed by atoms with van der Waals surface area (Å²) < 4.78 is 44.9. The summed E-state index contributed by atoms with van der Waals surface area (Å²) in [4.78, 5) is 31.7. The lowest BCUT2D eigenvalue weighted by Crippen LogP contribution is -2.47. The van der Waals surface area contributed by atoms with Gasteiger partial charge in [-0.05, 0) is 76.3 Å². The summed E-state index contributed by atoms with van der Waals surface area (Å²) in [5.74, 6) is -1.07. The summed E-state index contributed by atoms with van der Waals surface area (Å²) in [7, 11) is 0. The van der Waals surface area contributed by atoms with Crippen molar-refractivity contribution in [1.82, 2.24) is 20.5 Å². The maximum absolute atomic E-state index is 13.2. The predicted octanol–water partition coefficient (Wildman–Crippen LogP) is 3.64. The molecule has 11 heteroatoms. The second-order valence-electron chi connectivity index (χ2n) is 11.0. The Hall–Kier alpha value is -3.02.